The van der Waals surface area contributed by atoms with Crippen LogP contribution in [0.4, 0.5) is 0 Å². The summed E-state index contributed by atoms with van der Waals surface area (Å²) in [6.07, 6.45) is 1.64. The van der Waals surface area contributed by atoms with Crippen LogP contribution in [0.15, 0.2) is 18.2 Å². The van der Waals surface area contributed by atoms with Crippen LogP contribution in [0.2, 0.25) is 10.0 Å². The zero-order valence-electron chi connectivity index (χ0n) is 11.3. The van der Waals surface area contributed by atoms with Crippen molar-refractivity contribution in [2.45, 2.75) is 38.8 Å². The van der Waals surface area contributed by atoms with Crippen molar-refractivity contribution in [3.05, 3.63) is 28.2 Å². The summed E-state index contributed by atoms with van der Waals surface area (Å²) in [7, 11) is 0. The lowest BCUT2D eigenvalue weighted by Crippen LogP contribution is -2.36. The predicted molar refractivity (Wildman–Crippen MR) is 80.3 cm³/mol. The molecule has 0 fully saturated rings. The van der Waals surface area contributed by atoms with Gasteiger partial charge in [0.25, 0.3) is 0 Å². The maximum absolute atomic E-state index is 9.82. The van der Waals surface area contributed by atoms with Crippen molar-refractivity contribution in [2.24, 2.45) is 0 Å². The van der Waals surface area contributed by atoms with Gasteiger partial charge in [0.2, 0.25) is 0 Å². The van der Waals surface area contributed by atoms with E-state index in [0.29, 0.717) is 28.4 Å². The average Bonchev–Trinajstić information content (AvgIpc) is 2.38. The van der Waals surface area contributed by atoms with Crippen LogP contribution < -0.4 is 10.1 Å². The molecule has 19 heavy (non-hydrogen) atoms. The number of aliphatic hydroxyl groups is 1. The van der Waals surface area contributed by atoms with Gasteiger partial charge in [0.15, 0.2) is 0 Å². The second-order valence-electron chi connectivity index (χ2n) is 4.64. The molecule has 0 amide bonds. The van der Waals surface area contributed by atoms with Gasteiger partial charge in [-0.3, -0.25) is 0 Å². The molecule has 2 unspecified atom stereocenters. The van der Waals surface area contributed by atoms with Crippen molar-refractivity contribution >= 4 is 23.2 Å². The van der Waals surface area contributed by atoms with Gasteiger partial charge in [0.05, 0.1) is 5.02 Å². The fraction of sp³-hybridized carbons (Fsp3) is 0.571. The number of aliphatic hydroxyl groups excluding tert-OH is 1. The minimum Gasteiger partial charge on any atom is -0.489 e. The summed E-state index contributed by atoms with van der Waals surface area (Å²) in [4.78, 5) is 0. The first-order valence-electron chi connectivity index (χ1n) is 6.52. The van der Waals surface area contributed by atoms with Crippen LogP contribution in [0.3, 0.4) is 0 Å². The van der Waals surface area contributed by atoms with Gasteiger partial charge < -0.3 is 15.2 Å². The maximum Gasteiger partial charge on any atom is 0.139 e. The van der Waals surface area contributed by atoms with Gasteiger partial charge in [-0.2, -0.15) is 0 Å². The monoisotopic (exact) mass is 305 g/mol. The van der Waals surface area contributed by atoms with E-state index in [-0.39, 0.29) is 6.61 Å². The van der Waals surface area contributed by atoms with Gasteiger partial charge in [-0.05, 0) is 25.5 Å². The Hall–Kier alpha value is -0.480. The molecule has 0 radical (unpaired) electrons. The maximum atomic E-state index is 9.82. The van der Waals surface area contributed by atoms with E-state index in [2.05, 4.69) is 19.2 Å². The van der Waals surface area contributed by atoms with Crippen molar-refractivity contribution in [2.75, 3.05) is 13.2 Å². The van der Waals surface area contributed by atoms with Crippen LogP contribution in [0.1, 0.15) is 26.7 Å². The molecule has 0 aliphatic rings. The number of hydrogen-bond donors (Lipinski definition) is 2. The largest absolute Gasteiger partial charge is 0.489 e. The molecule has 108 valence electrons. The van der Waals surface area contributed by atoms with E-state index < -0.39 is 6.10 Å². The fourth-order valence-electron chi connectivity index (χ4n) is 1.71. The Morgan fingerprint density at radius 3 is 2.79 bits per heavy atom. The highest BCUT2D eigenvalue weighted by Gasteiger charge is 2.09. The predicted octanol–water partition coefficient (Wildman–Crippen LogP) is 3.51. The Bertz CT molecular complexity index is 388. The zero-order valence-corrected chi connectivity index (χ0v) is 12.8. The summed E-state index contributed by atoms with van der Waals surface area (Å²) in [5, 5.41) is 14.1. The lowest BCUT2D eigenvalue weighted by atomic mass is 10.2. The Morgan fingerprint density at radius 2 is 2.11 bits per heavy atom. The van der Waals surface area contributed by atoms with Gasteiger partial charge >= 0.3 is 0 Å². The Kier molecular flexibility index (Phi) is 7.54. The van der Waals surface area contributed by atoms with Crippen LogP contribution in [0.5, 0.6) is 5.75 Å². The highest BCUT2D eigenvalue weighted by molar-refractivity contribution is 6.34. The summed E-state index contributed by atoms with van der Waals surface area (Å²) in [6, 6.07) is 5.41. The van der Waals surface area contributed by atoms with E-state index >= 15 is 0 Å². The van der Waals surface area contributed by atoms with Gasteiger partial charge in [-0.25, -0.2) is 0 Å². The van der Waals surface area contributed by atoms with E-state index in [4.69, 9.17) is 27.9 Å². The van der Waals surface area contributed by atoms with Gasteiger partial charge in [0.1, 0.15) is 18.5 Å². The third kappa shape index (κ3) is 6.48. The molecule has 0 aromatic heterocycles. The van der Waals surface area contributed by atoms with E-state index in [9.17, 15) is 5.11 Å². The molecule has 0 saturated carbocycles. The minimum atomic E-state index is -0.575. The topological polar surface area (TPSA) is 41.5 Å². The molecule has 3 nitrogen and oxygen atoms in total. The van der Waals surface area contributed by atoms with Gasteiger partial charge in [-0.1, -0.05) is 36.5 Å². The number of ether oxygens (including phenoxy) is 1. The zero-order chi connectivity index (χ0) is 14.3. The van der Waals surface area contributed by atoms with Crippen LogP contribution >= 0.6 is 23.2 Å². The number of benzene rings is 1. The average molecular weight is 306 g/mol. The van der Waals surface area contributed by atoms with E-state index in [1.165, 1.54) is 0 Å². The third-order valence-electron chi connectivity index (χ3n) is 2.75. The normalized spacial score (nSPS) is 14.2. The lowest BCUT2D eigenvalue weighted by molar-refractivity contribution is 0.104. The van der Waals surface area contributed by atoms with E-state index in [1.807, 2.05) is 0 Å². The molecule has 0 heterocycles. The second-order valence-corrected chi connectivity index (χ2v) is 5.48. The summed E-state index contributed by atoms with van der Waals surface area (Å²) >= 11 is 11.8. The van der Waals surface area contributed by atoms with Gasteiger partial charge in [-0.15, -0.1) is 0 Å². The van der Waals surface area contributed by atoms with Crippen LogP contribution in [0, 0.1) is 0 Å². The molecular formula is C14H21Cl2NO2. The first-order chi connectivity index (χ1) is 9.02. The van der Waals surface area contributed by atoms with Crippen molar-refractivity contribution in [1.82, 2.24) is 5.32 Å². The Morgan fingerprint density at radius 1 is 1.37 bits per heavy atom. The van der Waals surface area contributed by atoms with Crippen molar-refractivity contribution in [1.29, 1.82) is 0 Å². The lowest BCUT2D eigenvalue weighted by Gasteiger charge is -2.17. The fourth-order valence-corrected chi connectivity index (χ4v) is 2.04. The molecule has 1 aromatic rings. The van der Waals surface area contributed by atoms with Crippen LogP contribution in [-0.4, -0.2) is 30.4 Å². The highest BCUT2D eigenvalue weighted by Crippen LogP contribution is 2.27. The van der Waals surface area contributed by atoms with Crippen molar-refractivity contribution in [3.8, 4) is 5.75 Å². The molecule has 0 aliphatic carbocycles. The summed E-state index contributed by atoms with van der Waals surface area (Å²) in [5.74, 6) is 0.495. The number of hydrogen-bond acceptors (Lipinski definition) is 3. The second kappa shape index (κ2) is 8.64. The van der Waals surface area contributed by atoms with Crippen molar-refractivity contribution < 1.29 is 9.84 Å². The summed E-state index contributed by atoms with van der Waals surface area (Å²) in [6.45, 7) is 4.93. The Balaban J connectivity index is 2.33. The Labute approximate surface area is 124 Å². The molecule has 1 rings (SSSR count). The molecule has 0 bridgehead atoms. The SMILES string of the molecule is CCCC(C)NCC(O)COc1cc(Cl)ccc1Cl. The molecule has 0 spiro atoms. The molecule has 5 heteroatoms. The molecule has 2 atom stereocenters. The first-order valence-corrected chi connectivity index (χ1v) is 7.27. The van der Waals surface area contributed by atoms with Gasteiger partial charge in [0, 0.05) is 23.7 Å². The van der Waals surface area contributed by atoms with Crippen LogP contribution in [0.25, 0.3) is 0 Å². The molecule has 1 aromatic carbocycles. The first kappa shape index (κ1) is 16.6. The number of rotatable bonds is 8. The molecule has 2 N–H and O–H groups in total. The molecule has 0 saturated heterocycles. The van der Waals surface area contributed by atoms with E-state index in [1.54, 1.807) is 18.2 Å². The van der Waals surface area contributed by atoms with E-state index in [0.717, 1.165) is 12.8 Å². The molecule has 0 aliphatic heterocycles. The summed E-state index contributed by atoms with van der Waals surface area (Å²) in [5.41, 5.74) is 0. The third-order valence-corrected chi connectivity index (χ3v) is 3.30. The standard InChI is InChI=1S/C14H21Cl2NO2/c1-3-4-10(2)17-8-12(18)9-19-14-7-11(15)5-6-13(14)16/h5-7,10,12,17-18H,3-4,8-9H2,1-2H3. The quantitative estimate of drug-likeness (QED) is 0.772. The molecular weight excluding hydrogens is 285 g/mol. The van der Waals surface area contributed by atoms with Crippen molar-refractivity contribution in [3.63, 3.8) is 0 Å². The number of nitrogens with one attached hydrogen (secondary N) is 1. The highest BCUT2D eigenvalue weighted by atomic mass is 35.5. The van der Waals surface area contributed by atoms with Crippen LogP contribution in [-0.2, 0) is 0 Å². The minimum absolute atomic E-state index is 0.186. The number of halogens is 2. The summed E-state index contributed by atoms with van der Waals surface area (Å²) < 4.78 is 5.47. The smallest absolute Gasteiger partial charge is 0.139 e.